The van der Waals surface area contributed by atoms with Crippen LogP contribution in [0.4, 0.5) is 11.4 Å². The van der Waals surface area contributed by atoms with Crippen molar-refractivity contribution in [3.05, 3.63) is 105 Å². The zero-order valence-electron chi connectivity index (χ0n) is 29.3. The van der Waals surface area contributed by atoms with Crippen molar-refractivity contribution >= 4 is 28.7 Å². The van der Waals surface area contributed by atoms with Crippen molar-refractivity contribution in [1.29, 1.82) is 0 Å². The quantitative estimate of drug-likeness (QED) is 0.178. The highest BCUT2D eigenvalue weighted by molar-refractivity contribution is 6.32. The maximum atomic E-state index is 7.25. The van der Waals surface area contributed by atoms with E-state index in [1.165, 1.54) is 94.7 Å². The van der Waals surface area contributed by atoms with Crippen molar-refractivity contribution < 1.29 is 4.58 Å². The maximum Gasteiger partial charge on any atom is 0.209 e. The first-order valence-electron chi connectivity index (χ1n) is 17.6. The molecule has 2 aromatic carbocycles. The minimum atomic E-state index is -0.0441. The number of benzene rings is 2. The summed E-state index contributed by atoms with van der Waals surface area (Å²) in [6.07, 6.45) is 20.0. The average Bonchev–Trinajstić information content (AvgIpc) is 3.34. The molecule has 0 spiro atoms. The van der Waals surface area contributed by atoms with Gasteiger partial charge < -0.3 is 4.90 Å². The number of allylic oxidation sites excluding steroid dienone is 8. The first kappa shape index (κ1) is 33.5. The molecule has 0 saturated carbocycles. The Morgan fingerprint density at radius 3 is 2.22 bits per heavy atom. The summed E-state index contributed by atoms with van der Waals surface area (Å²) in [5, 5.41) is 0.943. The Balaban J connectivity index is 1.48. The Hall–Kier alpha value is -2.84. The number of hydrogen-bond donors (Lipinski definition) is 0. The van der Waals surface area contributed by atoms with E-state index in [-0.39, 0.29) is 10.8 Å². The van der Waals surface area contributed by atoms with E-state index in [1.807, 2.05) is 0 Å². The molecule has 2 aliphatic heterocycles. The monoisotopic (exact) mass is 623 g/mol. The highest BCUT2D eigenvalue weighted by Gasteiger charge is 2.44. The second kappa shape index (κ2) is 13.9. The summed E-state index contributed by atoms with van der Waals surface area (Å²) in [5.74, 6) is 0. The molecule has 0 aromatic heterocycles. The lowest BCUT2D eigenvalue weighted by Gasteiger charge is -2.27. The number of aryl methyl sites for hydroxylation is 2. The molecule has 5 rings (SSSR count). The Kier molecular flexibility index (Phi) is 10.3. The topological polar surface area (TPSA) is 6.25 Å². The summed E-state index contributed by atoms with van der Waals surface area (Å²) in [6, 6.07) is 14.0. The SMILES string of the molecule is CCCCCN1C(=CC=C2CCCC(C=CC3=[N+](CCCCC)c4ccc(C)cc4C3(C)C)=C2Cl)C(C)(C)c2cc(C)ccc21. The largest absolute Gasteiger partial charge is 0.344 e. The molecule has 240 valence electrons. The molecule has 0 bridgehead atoms. The van der Waals surface area contributed by atoms with Gasteiger partial charge in [0.1, 0.15) is 6.54 Å². The molecule has 1 aliphatic carbocycles. The van der Waals surface area contributed by atoms with Gasteiger partial charge in [0.25, 0.3) is 0 Å². The van der Waals surface area contributed by atoms with Gasteiger partial charge in [0.15, 0.2) is 5.71 Å². The van der Waals surface area contributed by atoms with E-state index in [0.29, 0.717) is 0 Å². The predicted octanol–water partition coefficient (Wildman–Crippen LogP) is 11.9. The third kappa shape index (κ3) is 6.69. The van der Waals surface area contributed by atoms with Crippen LogP contribution in [-0.4, -0.2) is 23.4 Å². The van der Waals surface area contributed by atoms with Gasteiger partial charge in [0, 0.05) is 52.5 Å². The lowest BCUT2D eigenvalue weighted by atomic mass is 9.80. The molecule has 2 heterocycles. The van der Waals surface area contributed by atoms with Crippen LogP contribution in [0.5, 0.6) is 0 Å². The smallest absolute Gasteiger partial charge is 0.209 e. The van der Waals surface area contributed by atoms with Crippen LogP contribution in [0.3, 0.4) is 0 Å². The van der Waals surface area contributed by atoms with E-state index in [4.69, 9.17) is 11.6 Å². The minimum Gasteiger partial charge on any atom is -0.344 e. The van der Waals surface area contributed by atoms with Gasteiger partial charge in [-0.3, -0.25) is 0 Å². The fourth-order valence-corrected chi connectivity index (χ4v) is 7.98. The van der Waals surface area contributed by atoms with Gasteiger partial charge >= 0.3 is 0 Å². The third-order valence-electron chi connectivity index (χ3n) is 10.4. The van der Waals surface area contributed by atoms with E-state index in [9.17, 15) is 0 Å². The highest BCUT2D eigenvalue weighted by Crippen LogP contribution is 2.48. The van der Waals surface area contributed by atoms with Crippen molar-refractivity contribution in [3.63, 3.8) is 0 Å². The standard InChI is InChI=1S/C42H56ClN2/c1-9-11-13-26-44-36-22-18-30(3)28-34(36)41(5,6)38(44)24-20-32-16-15-17-33(40(32)43)21-25-39-42(7,8)35-29-31(4)19-23-37(35)45(39)27-14-12-10-2/h18-25,28-29H,9-17,26-27H2,1-8H3/q+1. The highest BCUT2D eigenvalue weighted by atomic mass is 35.5. The van der Waals surface area contributed by atoms with Crippen LogP contribution in [-0.2, 0) is 10.8 Å². The predicted molar refractivity (Wildman–Crippen MR) is 197 cm³/mol. The van der Waals surface area contributed by atoms with Crippen LogP contribution in [0.1, 0.15) is 122 Å². The summed E-state index contributed by atoms with van der Waals surface area (Å²) in [5.41, 5.74) is 13.5. The average molecular weight is 624 g/mol. The molecule has 0 fully saturated rings. The number of rotatable bonds is 11. The van der Waals surface area contributed by atoms with Gasteiger partial charge in [-0.05, 0) is 94.7 Å². The van der Waals surface area contributed by atoms with Crippen LogP contribution in [0.2, 0.25) is 0 Å². The van der Waals surface area contributed by atoms with Gasteiger partial charge in [0.2, 0.25) is 5.69 Å². The van der Waals surface area contributed by atoms with Crippen molar-refractivity contribution in [1.82, 2.24) is 0 Å². The van der Waals surface area contributed by atoms with Gasteiger partial charge in [-0.25, -0.2) is 0 Å². The van der Waals surface area contributed by atoms with Crippen molar-refractivity contribution in [2.45, 2.75) is 124 Å². The number of unbranched alkanes of at least 4 members (excludes halogenated alkanes) is 4. The molecule has 0 saturated heterocycles. The summed E-state index contributed by atoms with van der Waals surface area (Å²) in [4.78, 5) is 2.58. The normalized spacial score (nSPS) is 20.7. The zero-order chi connectivity index (χ0) is 32.4. The molecule has 2 nitrogen and oxygen atoms in total. The van der Waals surface area contributed by atoms with Crippen LogP contribution in [0.15, 0.2) is 82.6 Å². The summed E-state index contributed by atoms with van der Waals surface area (Å²) < 4.78 is 2.58. The fraction of sp³-hybridized carbons (Fsp3) is 0.500. The number of nitrogens with zero attached hydrogens (tertiary/aromatic N) is 2. The number of fused-ring (bicyclic) bond motifs is 2. The number of halogens is 1. The maximum absolute atomic E-state index is 7.25. The number of anilines is 1. The molecule has 3 heteroatoms. The molecular formula is C42H56ClN2+. The Labute approximate surface area is 279 Å². The first-order valence-corrected chi connectivity index (χ1v) is 18.0. The molecule has 0 atom stereocenters. The van der Waals surface area contributed by atoms with Gasteiger partial charge in [-0.15, -0.1) is 0 Å². The molecule has 0 amide bonds. The zero-order valence-corrected chi connectivity index (χ0v) is 30.1. The Morgan fingerprint density at radius 1 is 0.800 bits per heavy atom. The minimum absolute atomic E-state index is 0.0441. The van der Waals surface area contributed by atoms with Crippen LogP contribution in [0.25, 0.3) is 0 Å². The summed E-state index contributed by atoms with van der Waals surface area (Å²) in [6.45, 7) is 20.6. The van der Waals surface area contributed by atoms with Crippen molar-refractivity contribution in [2.24, 2.45) is 0 Å². The van der Waals surface area contributed by atoms with E-state index >= 15 is 0 Å². The fourth-order valence-electron chi connectivity index (χ4n) is 7.67. The van der Waals surface area contributed by atoms with E-state index in [0.717, 1.165) is 37.4 Å². The van der Waals surface area contributed by atoms with Gasteiger partial charge in [-0.1, -0.05) is 100 Å². The third-order valence-corrected chi connectivity index (χ3v) is 10.9. The second-order valence-electron chi connectivity index (χ2n) is 14.7. The van der Waals surface area contributed by atoms with Gasteiger partial charge in [0.05, 0.1) is 5.41 Å². The van der Waals surface area contributed by atoms with Crippen LogP contribution >= 0.6 is 11.6 Å². The molecular weight excluding hydrogens is 568 g/mol. The van der Waals surface area contributed by atoms with Gasteiger partial charge in [-0.2, -0.15) is 4.58 Å². The van der Waals surface area contributed by atoms with Crippen molar-refractivity contribution in [2.75, 3.05) is 18.0 Å². The van der Waals surface area contributed by atoms with Crippen molar-refractivity contribution in [3.8, 4) is 0 Å². The first-order chi connectivity index (χ1) is 21.5. The molecule has 2 aromatic rings. The molecule has 0 radical (unpaired) electrons. The lowest BCUT2D eigenvalue weighted by Crippen LogP contribution is -2.28. The van der Waals surface area contributed by atoms with Crippen LogP contribution in [0, 0.1) is 13.8 Å². The Morgan fingerprint density at radius 2 is 1.49 bits per heavy atom. The van der Waals surface area contributed by atoms with E-state index < -0.39 is 0 Å². The lowest BCUT2D eigenvalue weighted by molar-refractivity contribution is -0.438. The molecule has 45 heavy (non-hydrogen) atoms. The Bertz CT molecular complexity index is 1580. The van der Waals surface area contributed by atoms with E-state index in [2.05, 4.69) is 126 Å². The van der Waals surface area contributed by atoms with E-state index in [1.54, 1.807) is 0 Å². The second-order valence-corrected chi connectivity index (χ2v) is 15.0. The molecule has 0 N–H and O–H groups in total. The summed E-state index contributed by atoms with van der Waals surface area (Å²) >= 11 is 7.25. The summed E-state index contributed by atoms with van der Waals surface area (Å²) in [7, 11) is 0. The molecule has 3 aliphatic rings. The molecule has 0 unspecified atom stereocenters. The number of hydrogen-bond acceptors (Lipinski definition) is 1. The van der Waals surface area contributed by atoms with Crippen LogP contribution < -0.4 is 4.90 Å².